The molecule has 1 N–H and O–H groups in total. The number of carboxylic acid groups (broad SMARTS) is 1. The molecule has 0 bridgehead atoms. The maximum atomic E-state index is 12.3. The van der Waals surface area contributed by atoms with E-state index in [0.717, 1.165) is 34.6 Å². The van der Waals surface area contributed by atoms with E-state index < -0.39 is 5.97 Å². The number of nitrogens with one attached hydrogen (secondary N) is 1. The number of fused-ring (bicyclic) bond motifs is 1. The first-order valence-corrected chi connectivity index (χ1v) is 9.87. The Labute approximate surface area is 193 Å². The molecule has 0 fully saturated rings. The van der Waals surface area contributed by atoms with Crippen LogP contribution >= 0.6 is 0 Å². The van der Waals surface area contributed by atoms with Crippen molar-refractivity contribution in [3.8, 4) is 11.1 Å². The second-order valence-electron chi connectivity index (χ2n) is 7.52. The number of benzene rings is 2. The molecule has 0 saturated heterocycles. The summed E-state index contributed by atoms with van der Waals surface area (Å²) in [6.07, 6.45) is 2.49. The molecule has 0 radical (unpaired) electrons. The van der Waals surface area contributed by atoms with Gasteiger partial charge in [-0.15, -0.1) is 0 Å². The first-order valence-electron chi connectivity index (χ1n) is 9.87. The summed E-state index contributed by atoms with van der Waals surface area (Å²) in [4.78, 5) is 29.6. The number of pyridine rings is 1. The SMILES string of the molecule is CC(=O)N1c2ccc(-c3ccc(C(=O)[O-])cc3)cc2[C@H](Nc2ccccn2)C[C@@H]1C.[Li+]. The molecule has 1 aliphatic heterocycles. The number of hydrogen-bond donors (Lipinski definition) is 1. The molecule has 0 saturated carbocycles. The maximum absolute atomic E-state index is 12.3. The largest absolute Gasteiger partial charge is 1.00 e. The molecule has 31 heavy (non-hydrogen) atoms. The molecule has 152 valence electrons. The van der Waals surface area contributed by atoms with Crippen molar-refractivity contribution >= 4 is 23.4 Å². The van der Waals surface area contributed by atoms with Gasteiger partial charge in [0, 0.05) is 24.8 Å². The molecule has 7 heteroatoms. The van der Waals surface area contributed by atoms with Gasteiger partial charge in [0.1, 0.15) is 5.82 Å². The van der Waals surface area contributed by atoms with Crippen LogP contribution in [0.1, 0.15) is 42.2 Å². The molecule has 1 aliphatic rings. The Morgan fingerprint density at radius 1 is 1.06 bits per heavy atom. The van der Waals surface area contributed by atoms with E-state index in [1.807, 2.05) is 42.2 Å². The van der Waals surface area contributed by atoms with Gasteiger partial charge in [-0.25, -0.2) is 4.98 Å². The first kappa shape index (κ1) is 22.6. The molecular weight excluding hydrogens is 385 g/mol. The van der Waals surface area contributed by atoms with Gasteiger partial charge in [0.05, 0.1) is 12.0 Å². The van der Waals surface area contributed by atoms with Crippen molar-refractivity contribution in [3.05, 3.63) is 78.0 Å². The summed E-state index contributed by atoms with van der Waals surface area (Å²) in [5.41, 5.74) is 3.88. The fourth-order valence-electron chi connectivity index (χ4n) is 4.09. The van der Waals surface area contributed by atoms with Gasteiger partial charge in [0.25, 0.3) is 0 Å². The minimum atomic E-state index is -1.20. The molecule has 2 aromatic carbocycles. The van der Waals surface area contributed by atoms with Crippen LogP contribution in [0.5, 0.6) is 0 Å². The van der Waals surface area contributed by atoms with Crippen molar-refractivity contribution in [3.63, 3.8) is 0 Å². The van der Waals surface area contributed by atoms with Gasteiger partial charge >= 0.3 is 18.9 Å². The number of rotatable bonds is 4. The first-order chi connectivity index (χ1) is 14.4. The van der Waals surface area contributed by atoms with Gasteiger partial charge < -0.3 is 20.1 Å². The summed E-state index contributed by atoms with van der Waals surface area (Å²) < 4.78 is 0. The molecule has 0 unspecified atom stereocenters. The predicted octanol–water partition coefficient (Wildman–Crippen LogP) is 0.414. The molecule has 6 nitrogen and oxygen atoms in total. The normalized spacial score (nSPS) is 17.3. The Morgan fingerprint density at radius 3 is 2.39 bits per heavy atom. The summed E-state index contributed by atoms with van der Waals surface area (Å²) in [6.45, 7) is 3.63. The second kappa shape index (κ2) is 9.38. The van der Waals surface area contributed by atoms with E-state index in [9.17, 15) is 14.7 Å². The zero-order valence-electron chi connectivity index (χ0n) is 17.8. The standard InChI is InChI=1S/C24H23N3O3.Li/c1-15-13-21(26-23-5-3-4-12-25-23)20-14-19(10-11-22(20)27(15)16(2)28)17-6-8-18(9-7-17)24(29)30;/h3-12,14-15,21H,13H2,1-2H3,(H,25,26)(H,29,30);/q;+1/p-1/t15-,21+;/m0./s1. The van der Waals surface area contributed by atoms with Gasteiger partial charge in [-0.3, -0.25) is 4.79 Å². The molecule has 2 heterocycles. The minimum Gasteiger partial charge on any atom is -0.545 e. The van der Waals surface area contributed by atoms with E-state index in [0.29, 0.717) is 0 Å². The summed E-state index contributed by atoms with van der Waals surface area (Å²) in [6, 6.07) is 18.3. The Hall–Kier alpha value is -3.07. The van der Waals surface area contributed by atoms with Crippen LogP contribution in [0.4, 0.5) is 11.5 Å². The van der Waals surface area contributed by atoms with Crippen molar-refractivity contribution in [1.82, 2.24) is 4.98 Å². The summed E-state index contributed by atoms with van der Waals surface area (Å²) in [5, 5.41) is 14.5. The van der Waals surface area contributed by atoms with Crippen LogP contribution in [0.25, 0.3) is 11.1 Å². The zero-order chi connectivity index (χ0) is 21.3. The van der Waals surface area contributed by atoms with E-state index in [4.69, 9.17) is 0 Å². The molecule has 2 atom stereocenters. The van der Waals surface area contributed by atoms with Crippen LogP contribution in [0.3, 0.4) is 0 Å². The number of aromatic carboxylic acids is 1. The topological polar surface area (TPSA) is 85.4 Å². The third kappa shape index (κ3) is 4.66. The van der Waals surface area contributed by atoms with E-state index in [2.05, 4.69) is 16.4 Å². The molecule has 0 spiro atoms. The Kier molecular flexibility index (Phi) is 6.84. The average Bonchev–Trinajstić information content (AvgIpc) is 2.74. The van der Waals surface area contributed by atoms with Gasteiger partial charge in [-0.1, -0.05) is 36.4 Å². The van der Waals surface area contributed by atoms with Gasteiger partial charge in [0.15, 0.2) is 0 Å². The van der Waals surface area contributed by atoms with Crippen LogP contribution in [-0.2, 0) is 4.79 Å². The van der Waals surface area contributed by atoms with E-state index in [1.165, 1.54) is 12.1 Å². The predicted molar refractivity (Wildman–Crippen MR) is 114 cm³/mol. The van der Waals surface area contributed by atoms with Gasteiger partial charge in [0.2, 0.25) is 5.91 Å². The van der Waals surface area contributed by atoms with Crippen LogP contribution < -0.4 is 34.2 Å². The summed E-state index contributed by atoms with van der Waals surface area (Å²) in [7, 11) is 0. The number of hydrogen-bond acceptors (Lipinski definition) is 5. The number of anilines is 2. The number of nitrogens with zero attached hydrogens (tertiary/aromatic N) is 2. The number of amides is 1. The quantitative estimate of drug-likeness (QED) is 0.634. The third-order valence-corrected chi connectivity index (χ3v) is 5.46. The smallest absolute Gasteiger partial charge is 0.545 e. The van der Waals surface area contributed by atoms with Crippen molar-refractivity contribution < 1.29 is 33.6 Å². The monoisotopic (exact) mass is 407 g/mol. The van der Waals surface area contributed by atoms with Crippen molar-refractivity contribution in [2.24, 2.45) is 0 Å². The fourth-order valence-corrected chi connectivity index (χ4v) is 4.09. The van der Waals surface area contributed by atoms with Gasteiger partial charge in [-0.05, 0) is 59.9 Å². The molecule has 1 amide bonds. The van der Waals surface area contributed by atoms with Crippen LogP contribution in [0.2, 0.25) is 0 Å². The molecule has 3 aromatic rings. The summed E-state index contributed by atoms with van der Waals surface area (Å²) in [5.74, 6) is -0.413. The van der Waals surface area contributed by atoms with Gasteiger partial charge in [-0.2, -0.15) is 0 Å². The third-order valence-electron chi connectivity index (χ3n) is 5.46. The van der Waals surface area contributed by atoms with Crippen molar-refractivity contribution in [2.45, 2.75) is 32.4 Å². The summed E-state index contributed by atoms with van der Waals surface area (Å²) >= 11 is 0. The zero-order valence-corrected chi connectivity index (χ0v) is 17.8. The van der Waals surface area contributed by atoms with Crippen LogP contribution in [-0.4, -0.2) is 22.9 Å². The van der Waals surface area contributed by atoms with Crippen LogP contribution in [0.15, 0.2) is 66.9 Å². The Morgan fingerprint density at radius 2 is 1.77 bits per heavy atom. The van der Waals surface area contributed by atoms with E-state index in [-0.39, 0.29) is 42.4 Å². The molecule has 1 aromatic heterocycles. The van der Waals surface area contributed by atoms with E-state index in [1.54, 1.807) is 25.3 Å². The fraction of sp³-hybridized carbons (Fsp3) is 0.208. The number of carbonyl (C=O) groups is 2. The second-order valence-corrected chi connectivity index (χ2v) is 7.52. The van der Waals surface area contributed by atoms with Crippen molar-refractivity contribution in [2.75, 3.05) is 10.2 Å². The molecule has 0 aliphatic carbocycles. The molecular formula is C24H22LiN3O3. The number of carbonyl (C=O) groups excluding carboxylic acids is 2. The number of aromatic nitrogens is 1. The Bertz CT molecular complexity index is 1090. The van der Waals surface area contributed by atoms with Crippen LogP contribution in [0, 0.1) is 0 Å². The van der Waals surface area contributed by atoms with Crippen molar-refractivity contribution in [1.29, 1.82) is 0 Å². The number of carboxylic acids is 1. The van der Waals surface area contributed by atoms with E-state index >= 15 is 0 Å². The maximum Gasteiger partial charge on any atom is 1.00 e. The average molecular weight is 407 g/mol. The minimum absolute atomic E-state index is 0. The molecule has 4 rings (SSSR count). The Balaban J connectivity index is 0.00000272.